The number of rotatable bonds is 7. The fourth-order valence-electron chi connectivity index (χ4n) is 2.69. The number of hydrogen-bond donors (Lipinski definition) is 0. The van der Waals surface area contributed by atoms with Crippen LogP contribution < -0.4 is 4.74 Å². The van der Waals surface area contributed by atoms with Crippen LogP contribution in [0.2, 0.25) is 0 Å². The molecular formula is C20H21N3O2S. The van der Waals surface area contributed by atoms with E-state index in [4.69, 9.17) is 4.74 Å². The summed E-state index contributed by atoms with van der Waals surface area (Å²) < 4.78 is 7.09. The van der Waals surface area contributed by atoms with Gasteiger partial charge in [-0.3, -0.25) is 9.36 Å². The second kappa shape index (κ2) is 8.19. The van der Waals surface area contributed by atoms with Crippen molar-refractivity contribution in [1.82, 2.24) is 14.8 Å². The predicted octanol–water partition coefficient (Wildman–Crippen LogP) is 4.34. The van der Waals surface area contributed by atoms with Gasteiger partial charge in [-0.15, -0.1) is 10.2 Å². The van der Waals surface area contributed by atoms with E-state index in [1.165, 1.54) is 11.8 Å². The lowest BCUT2D eigenvalue weighted by atomic mass is 10.1. The fourth-order valence-corrected chi connectivity index (χ4v) is 3.71. The van der Waals surface area contributed by atoms with Gasteiger partial charge in [-0.25, -0.2) is 0 Å². The number of benzene rings is 2. The van der Waals surface area contributed by atoms with Gasteiger partial charge in [-0.2, -0.15) is 0 Å². The number of methoxy groups -OCH3 is 1. The van der Waals surface area contributed by atoms with Crippen LogP contribution in [0.15, 0.2) is 60.0 Å². The van der Waals surface area contributed by atoms with E-state index in [2.05, 4.69) is 10.2 Å². The molecule has 0 saturated heterocycles. The minimum absolute atomic E-state index is 0.0829. The van der Waals surface area contributed by atoms with Crippen molar-refractivity contribution >= 4 is 17.5 Å². The number of carbonyl (C=O) groups excluding carboxylic acids is 1. The SMILES string of the molecule is CCC(Sc1nncn1-c1ccccc1C)C(=O)c1ccc(OC)cc1. The lowest BCUT2D eigenvalue weighted by molar-refractivity contribution is 0.0988. The Bertz CT molecular complexity index is 890. The highest BCUT2D eigenvalue weighted by Gasteiger charge is 2.23. The van der Waals surface area contributed by atoms with Crippen LogP contribution in [0.5, 0.6) is 5.75 Å². The standard InChI is InChI=1S/C20H21N3O2S/c1-4-18(19(24)15-9-11-16(25-3)12-10-15)26-20-22-21-13-23(20)17-8-6-5-7-14(17)2/h5-13,18H,4H2,1-3H3. The summed E-state index contributed by atoms with van der Waals surface area (Å²) in [4.78, 5) is 12.9. The maximum absolute atomic E-state index is 12.9. The van der Waals surface area contributed by atoms with Gasteiger partial charge >= 0.3 is 0 Å². The monoisotopic (exact) mass is 367 g/mol. The van der Waals surface area contributed by atoms with Crippen molar-refractivity contribution in [3.63, 3.8) is 0 Å². The molecule has 1 unspecified atom stereocenters. The summed E-state index contributed by atoms with van der Waals surface area (Å²) in [6.45, 7) is 4.05. The zero-order chi connectivity index (χ0) is 18.5. The zero-order valence-electron chi connectivity index (χ0n) is 15.0. The zero-order valence-corrected chi connectivity index (χ0v) is 15.9. The van der Waals surface area contributed by atoms with E-state index in [-0.39, 0.29) is 11.0 Å². The van der Waals surface area contributed by atoms with E-state index >= 15 is 0 Å². The van der Waals surface area contributed by atoms with Gasteiger partial charge in [0.2, 0.25) is 0 Å². The number of ketones is 1. The molecular weight excluding hydrogens is 346 g/mol. The summed E-state index contributed by atoms with van der Waals surface area (Å²) in [5, 5.41) is 8.76. The number of hydrogen-bond acceptors (Lipinski definition) is 5. The van der Waals surface area contributed by atoms with E-state index in [1.54, 1.807) is 37.7 Å². The van der Waals surface area contributed by atoms with Crippen molar-refractivity contribution in [2.75, 3.05) is 7.11 Å². The highest BCUT2D eigenvalue weighted by Crippen LogP contribution is 2.29. The molecule has 5 nitrogen and oxygen atoms in total. The van der Waals surface area contributed by atoms with E-state index in [0.29, 0.717) is 17.1 Å². The van der Waals surface area contributed by atoms with Gasteiger partial charge in [-0.05, 0) is 49.2 Å². The maximum Gasteiger partial charge on any atom is 0.196 e. The van der Waals surface area contributed by atoms with Crippen molar-refractivity contribution in [3.8, 4) is 11.4 Å². The quantitative estimate of drug-likeness (QED) is 0.459. The summed E-state index contributed by atoms with van der Waals surface area (Å²) in [6, 6.07) is 15.3. The first-order valence-electron chi connectivity index (χ1n) is 8.45. The van der Waals surface area contributed by atoms with Gasteiger partial charge in [0.05, 0.1) is 18.0 Å². The van der Waals surface area contributed by atoms with Crippen LogP contribution in [0.4, 0.5) is 0 Å². The smallest absolute Gasteiger partial charge is 0.196 e. The Kier molecular flexibility index (Phi) is 5.73. The first-order chi connectivity index (χ1) is 12.6. The summed E-state index contributed by atoms with van der Waals surface area (Å²) in [7, 11) is 1.61. The van der Waals surface area contributed by atoms with Gasteiger partial charge in [0.1, 0.15) is 12.1 Å². The molecule has 2 aromatic carbocycles. The topological polar surface area (TPSA) is 57.0 Å². The van der Waals surface area contributed by atoms with Crippen molar-refractivity contribution in [1.29, 1.82) is 0 Å². The third-order valence-electron chi connectivity index (χ3n) is 4.18. The average molecular weight is 367 g/mol. The van der Waals surface area contributed by atoms with Gasteiger partial charge in [-0.1, -0.05) is 36.9 Å². The molecule has 1 aromatic heterocycles. The van der Waals surface area contributed by atoms with Gasteiger partial charge < -0.3 is 4.74 Å². The van der Waals surface area contributed by atoms with Gasteiger partial charge in [0.15, 0.2) is 10.9 Å². The minimum Gasteiger partial charge on any atom is -0.497 e. The maximum atomic E-state index is 12.9. The molecule has 0 spiro atoms. The normalized spacial score (nSPS) is 12.0. The van der Waals surface area contributed by atoms with E-state index in [9.17, 15) is 4.79 Å². The first kappa shape index (κ1) is 18.2. The summed E-state index contributed by atoms with van der Waals surface area (Å²) in [5.74, 6) is 0.820. The number of ether oxygens (including phenoxy) is 1. The van der Waals surface area contributed by atoms with Crippen molar-refractivity contribution in [2.24, 2.45) is 0 Å². The molecule has 0 bridgehead atoms. The van der Waals surface area contributed by atoms with Crippen LogP contribution >= 0.6 is 11.8 Å². The number of nitrogens with zero attached hydrogens (tertiary/aromatic N) is 3. The van der Waals surface area contributed by atoms with Crippen molar-refractivity contribution in [3.05, 3.63) is 66.0 Å². The summed E-state index contributed by atoms with van der Waals surface area (Å²) in [5.41, 5.74) is 2.82. The molecule has 0 N–H and O–H groups in total. The molecule has 1 atom stereocenters. The van der Waals surface area contributed by atoms with Crippen molar-refractivity contribution < 1.29 is 9.53 Å². The number of aryl methyl sites for hydroxylation is 1. The van der Waals surface area contributed by atoms with Crippen molar-refractivity contribution in [2.45, 2.75) is 30.7 Å². The molecule has 0 aliphatic heterocycles. The Labute approximate surface area is 157 Å². The highest BCUT2D eigenvalue weighted by molar-refractivity contribution is 8.00. The number of para-hydroxylation sites is 1. The molecule has 26 heavy (non-hydrogen) atoms. The fraction of sp³-hybridized carbons (Fsp3) is 0.250. The van der Waals surface area contributed by atoms with Gasteiger partial charge in [0.25, 0.3) is 0 Å². The summed E-state index contributed by atoms with van der Waals surface area (Å²) >= 11 is 1.45. The van der Waals surface area contributed by atoms with Crippen LogP contribution in [0.1, 0.15) is 29.3 Å². The largest absolute Gasteiger partial charge is 0.497 e. The Morgan fingerprint density at radius 3 is 2.58 bits per heavy atom. The molecule has 1 heterocycles. The molecule has 0 aliphatic rings. The van der Waals surface area contributed by atoms with E-state index in [1.807, 2.05) is 42.7 Å². The Hall–Kier alpha value is -2.60. The third-order valence-corrected chi connectivity index (χ3v) is 5.50. The van der Waals surface area contributed by atoms with E-state index < -0.39 is 0 Å². The van der Waals surface area contributed by atoms with Crippen LogP contribution in [0.3, 0.4) is 0 Å². The lowest BCUT2D eigenvalue weighted by Crippen LogP contribution is -2.17. The van der Waals surface area contributed by atoms with Crippen LogP contribution in [0, 0.1) is 6.92 Å². The molecule has 0 fully saturated rings. The predicted molar refractivity (Wildman–Crippen MR) is 103 cm³/mol. The number of thioether (sulfide) groups is 1. The van der Waals surface area contributed by atoms with Crippen LogP contribution in [0.25, 0.3) is 5.69 Å². The Balaban J connectivity index is 1.84. The molecule has 134 valence electrons. The average Bonchev–Trinajstić information content (AvgIpc) is 3.14. The lowest BCUT2D eigenvalue weighted by Gasteiger charge is -2.15. The van der Waals surface area contributed by atoms with Crippen LogP contribution in [-0.4, -0.2) is 32.9 Å². The van der Waals surface area contributed by atoms with Gasteiger partial charge in [0, 0.05) is 5.56 Å². The Morgan fingerprint density at radius 1 is 1.19 bits per heavy atom. The minimum atomic E-state index is -0.227. The number of aromatic nitrogens is 3. The Morgan fingerprint density at radius 2 is 1.92 bits per heavy atom. The third kappa shape index (κ3) is 3.80. The molecule has 0 radical (unpaired) electrons. The van der Waals surface area contributed by atoms with Crippen LogP contribution in [-0.2, 0) is 0 Å². The second-order valence-corrected chi connectivity index (χ2v) is 7.05. The number of carbonyl (C=O) groups is 1. The molecule has 0 saturated carbocycles. The van der Waals surface area contributed by atoms with E-state index in [0.717, 1.165) is 17.0 Å². The molecule has 3 aromatic rings. The second-order valence-electron chi connectivity index (χ2n) is 5.88. The summed E-state index contributed by atoms with van der Waals surface area (Å²) in [6.07, 6.45) is 2.39. The molecule has 0 amide bonds. The number of Topliss-reactive ketones (excluding diaryl/α,β-unsaturated/α-hetero) is 1. The highest BCUT2D eigenvalue weighted by atomic mass is 32.2. The molecule has 6 heteroatoms. The molecule has 0 aliphatic carbocycles. The first-order valence-corrected chi connectivity index (χ1v) is 9.33. The molecule has 3 rings (SSSR count).